The molecule has 1 amide bonds. The number of likely N-dealkylation sites (tertiary alicyclic amines) is 1. The van der Waals surface area contributed by atoms with E-state index in [2.05, 4.69) is 25.2 Å². The highest BCUT2D eigenvalue weighted by Crippen LogP contribution is 2.37. The van der Waals surface area contributed by atoms with Crippen LogP contribution >= 0.6 is 0 Å². The number of piperidine rings is 1. The first kappa shape index (κ1) is 31.0. The van der Waals surface area contributed by atoms with Crippen LogP contribution in [-0.2, 0) is 21.9 Å². The summed E-state index contributed by atoms with van der Waals surface area (Å²) in [5.41, 5.74) is 3.50. The topological polar surface area (TPSA) is 85.7 Å². The lowest BCUT2D eigenvalue weighted by Gasteiger charge is -2.35. The number of carbonyl (C=O) groups excluding carboxylic acids is 1. The van der Waals surface area contributed by atoms with E-state index >= 15 is 0 Å². The van der Waals surface area contributed by atoms with E-state index in [-0.39, 0.29) is 34.8 Å². The average molecular weight is 593 g/mol. The minimum Gasteiger partial charge on any atom is -0.444 e. The Morgan fingerprint density at radius 3 is 2.49 bits per heavy atom. The van der Waals surface area contributed by atoms with Gasteiger partial charge in [0, 0.05) is 50.0 Å². The molecule has 0 radical (unpaired) electrons. The zero-order valence-corrected chi connectivity index (χ0v) is 26.6. The molecule has 8 nitrogen and oxygen atoms in total. The molecule has 0 unspecified atom stereocenters. The third-order valence-corrected chi connectivity index (χ3v) is 8.93. The Labute approximate surface area is 253 Å². The number of halogens is 1. The van der Waals surface area contributed by atoms with Gasteiger partial charge in [-0.1, -0.05) is 13.0 Å². The van der Waals surface area contributed by atoms with E-state index in [4.69, 9.17) is 14.5 Å². The number of nitrogens with zero attached hydrogens (tertiary/aromatic N) is 3. The van der Waals surface area contributed by atoms with Gasteiger partial charge in [-0.2, -0.15) is 0 Å². The quantitative estimate of drug-likeness (QED) is 0.353. The van der Waals surface area contributed by atoms with Crippen molar-refractivity contribution in [2.45, 2.75) is 90.2 Å². The molecule has 2 fully saturated rings. The van der Waals surface area contributed by atoms with Gasteiger partial charge in [0.1, 0.15) is 17.2 Å². The summed E-state index contributed by atoms with van der Waals surface area (Å²) in [4.78, 5) is 33.2. The smallest absolute Gasteiger partial charge is 0.410 e. The van der Waals surface area contributed by atoms with Crippen LogP contribution in [0.3, 0.4) is 0 Å². The Kier molecular flexibility index (Phi) is 8.58. The molecule has 0 saturated carbocycles. The van der Waals surface area contributed by atoms with Gasteiger partial charge in [0.25, 0.3) is 5.56 Å². The molecule has 1 atom stereocenters. The van der Waals surface area contributed by atoms with Crippen molar-refractivity contribution in [1.29, 1.82) is 0 Å². The van der Waals surface area contributed by atoms with Crippen LogP contribution in [0.4, 0.5) is 14.9 Å². The molecule has 2 saturated heterocycles. The fraction of sp³-hybridized carbons (Fsp3) is 0.559. The summed E-state index contributed by atoms with van der Waals surface area (Å²) in [5, 5.41) is 4.23. The fourth-order valence-corrected chi connectivity index (χ4v) is 6.48. The summed E-state index contributed by atoms with van der Waals surface area (Å²) in [7, 11) is 1.81. The zero-order chi connectivity index (χ0) is 31.1. The SMILES string of the molecule is Cc1cc([C@@H](C)Nc2ccc(F)cc2C2CCN(C(=O)OC(C)(C)C)CC2)c2nc(C3(C)CCOCC3)n(C)c(=O)c2c1. The van der Waals surface area contributed by atoms with Crippen molar-refractivity contribution in [3.8, 4) is 0 Å². The van der Waals surface area contributed by atoms with Gasteiger partial charge in [-0.15, -0.1) is 0 Å². The van der Waals surface area contributed by atoms with Crippen LogP contribution in [0.25, 0.3) is 10.9 Å². The van der Waals surface area contributed by atoms with Crippen molar-refractivity contribution in [2.24, 2.45) is 7.05 Å². The maximum atomic E-state index is 14.6. The van der Waals surface area contributed by atoms with Crippen LogP contribution in [0.5, 0.6) is 0 Å². The first-order valence-corrected chi connectivity index (χ1v) is 15.4. The number of ether oxygens (including phenoxy) is 2. The molecule has 232 valence electrons. The highest BCUT2D eigenvalue weighted by Gasteiger charge is 2.34. The first-order chi connectivity index (χ1) is 20.3. The van der Waals surface area contributed by atoms with Crippen molar-refractivity contribution < 1.29 is 18.7 Å². The molecule has 0 bridgehead atoms. The largest absolute Gasteiger partial charge is 0.444 e. The van der Waals surface area contributed by atoms with Crippen molar-refractivity contribution in [3.63, 3.8) is 0 Å². The lowest BCUT2D eigenvalue weighted by atomic mass is 9.81. The lowest BCUT2D eigenvalue weighted by Crippen LogP contribution is -2.41. The highest BCUT2D eigenvalue weighted by atomic mass is 19.1. The molecule has 2 aromatic carbocycles. The summed E-state index contributed by atoms with van der Waals surface area (Å²) < 4.78 is 27.5. The number of amides is 1. The number of hydrogen-bond acceptors (Lipinski definition) is 6. The van der Waals surface area contributed by atoms with Crippen molar-refractivity contribution in [1.82, 2.24) is 14.5 Å². The van der Waals surface area contributed by atoms with Gasteiger partial charge in [-0.05, 0) is 102 Å². The number of nitrogens with one attached hydrogen (secondary N) is 1. The normalized spacial score (nSPS) is 18.5. The second kappa shape index (κ2) is 11.9. The lowest BCUT2D eigenvalue weighted by molar-refractivity contribution is 0.0205. The monoisotopic (exact) mass is 592 g/mol. The molecule has 1 N–H and O–H groups in total. The Bertz CT molecular complexity index is 1560. The van der Waals surface area contributed by atoms with Gasteiger partial charge in [-0.25, -0.2) is 14.2 Å². The predicted molar refractivity (Wildman–Crippen MR) is 167 cm³/mol. The van der Waals surface area contributed by atoms with Crippen LogP contribution < -0.4 is 10.9 Å². The summed E-state index contributed by atoms with van der Waals surface area (Å²) in [6.45, 7) is 14.2. The van der Waals surface area contributed by atoms with Gasteiger partial charge in [0.2, 0.25) is 0 Å². The molecule has 3 aromatic rings. The van der Waals surface area contributed by atoms with E-state index in [1.165, 1.54) is 6.07 Å². The van der Waals surface area contributed by atoms with Gasteiger partial charge in [0.05, 0.1) is 16.9 Å². The number of anilines is 1. The van der Waals surface area contributed by atoms with Crippen LogP contribution in [0.2, 0.25) is 0 Å². The van der Waals surface area contributed by atoms with E-state index in [0.717, 1.165) is 41.0 Å². The number of aromatic nitrogens is 2. The molecule has 9 heteroatoms. The number of fused-ring (bicyclic) bond motifs is 1. The van der Waals surface area contributed by atoms with E-state index in [1.807, 2.05) is 40.8 Å². The van der Waals surface area contributed by atoms with Crippen LogP contribution in [0, 0.1) is 12.7 Å². The summed E-state index contributed by atoms with van der Waals surface area (Å²) >= 11 is 0. The molecule has 5 rings (SSSR count). The molecular formula is C34H45FN4O4. The molecule has 2 aliphatic heterocycles. The number of rotatable bonds is 5. The maximum Gasteiger partial charge on any atom is 0.410 e. The summed E-state index contributed by atoms with van der Waals surface area (Å²) in [5.74, 6) is 0.581. The number of aryl methyl sites for hydroxylation is 1. The third kappa shape index (κ3) is 6.56. The molecule has 0 spiro atoms. The average Bonchev–Trinajstić information content (AvgIpc) is 2.95. The molecule has 2 aliphatic rings. The van der Waals surface area contributed by atoms with Crippen molar-refractivity contribution >= 4 is 22.7 Å². The number of benzene rings is 2. The molecule has 0 aliphatic carbocycles. The second-order valence-electron chi connectivity index (χ2n) is 13.6. The van der Waals surface area contributed by atoms with E-state index < -0.39 is 5.60 Å². The third-order valence-electron chi connectivity index (χ3n) is 8.93. The van der Waals surface area contributed by atoms with E-state index in [0.29, 0.717) is 50.0 Å². The molecular weight excluding hydrogens is 547 g/mol. The van der Waals surface area contributed by atoms with Gasteiger partial charge >= 0.3 is 6.09 Å². The van der Waals surface area contributed by atoms with Gasteiger partial charge in [-0.3, -0.25) is 9.36 Å². The highest BCUT2D eigenvalue weighted by molar-refractivity contribution is 5.83. The number of hydrogen-bond donors (Lipinski definition) is 1. The Morgan fingerprint density at radius 2 is 1.84 bits per heavy atom. The van der Waals surface area contributed by atoms with Crippen molar-refractivity contribution in [3.05, 3.63) is 69.0 Å². The minimum atomic E-state index is -0.550. The Balaban J connectivity index is 1.45. The maximum absolute atomic E-state index is 14.6. The van der Waals surface area contributed by atoms with E-state index in [1.54, 1.807) is 21.6 Å². The van der Waals surface area contributed by atoms with Gasteiger partial charge in [0.15, 0.2) is 0 Å². The molecule has 1 aromatic heterocycles. The summed E-state index contributed by atoms with van der Waals surface area (Å²) in [6.07, 6.45) is 2.72. The second-order valence-corrected chi connectivity index (χ2v) is 13.6. The first-order valence-electron chi connectivity index (χ1n) is 15.4. The summed E-state index contributed by atoms with van der Waals surface area (Å²) in [6, 6.07) is 8.67. The van der Waals surface area contributed by atoms with Crippen LogP contribution in [0.1, 0.15) is 94.8 Å². The Morgan fingerprint density at radius 1 is 1.16 bits per heavy atom. The van der Waals surface area contributed by atoms with Crippen LogP contribution in [0.15, 0.2) is 35.1 Å². The fourth-order valence-electron chi connectivity index (χ4n) is 6.48. The van der Waals surface area contributed by atoms with Crippen LogP contribution in [-0.4, -0.2) is 52.4 Å². The molecule has 43 heavy (non-hydrogen) atoms. The minimum absolute atomic E-state index is 0.0518. The zero-order valence-electron chi connectivity index (χ0n) is 26.6. The standard InChI is InChI=1S/C34H45FN4O4/c1-21-18-25(29-27(19-21)30(40)38(7)31(37-29)34(6)12-16-42-17-13-34)22(2)36-28-9-8-24(35)20-26(28)23-10-14-39(15-11-23)32(41)43-33(3,4)5/h8-9,18-20,22-23,36H,10-17H2,1-7H3/t22-/m1/s1. The molecule has 3 heterocycles. The van der Waals surface area contributed by atoms with Gasteiger partial charge < -0.3 is 19.7 Å². The van der Waals surface area contributed by atoms with Crippen molar-refractivity contribution in [2.75, 3.05) is 31.6 Å². The number of carbonyl (C=O) groups is 1. The Hall–Kier alpha value is -3.46. The predicted octanol–water partition coefficient (Wildman–Crippen LogP) is 6.74. The van der Waals surface area contributed by atoms with E-state index in [9.17, 15) is 14.0 Å².